The third-order valence-electron chi connectivity index (χ3n) is 4.38. The van der Waals surface area contributed by atoms with E-state index >= 15 is 0 Å². The Balaban J connectivity index is 2.06. The molecule has 5 atom stereocenters. The van der Waals surface area contributed by atoms with Crippen LogP contribution in [0.1, 0.15) is 64.7 Å². The molecular weight excluding hydrogens is 300 g/mol. The molecule has 0 bridgehead atoms. The zero-order valence-corrected chi connectivity index (χ0v) is 14.3. The molecule has 0 radical (unpaired) electrons. The summed E-state index contributed by atoms with van der Waals surface area (Å²) in [4.78, 5) is 0. The third kappa shape index (κ3) is 7.45. The molecule has 1 rings (SSSR count). The van der Waals surface area contributed by atoms with E-state index in [9.17, 15) is 15.3 Å². The number of unbranched alkanes of at least 4 members (excludes halogenated alkanes) is 8. The van der Waals surface area contributed by atoms with Crippen LogP contribution in [-0.2, 0) is 9.47 Å². The van der Waals surface area contributed by atoms with Crippen molar-refractivity contribution in [1.82, 2.24) is 0 Å². The molecule has 0 aliphatic carbocycles. The zero-order valence-electron chi connectivity index (χ0n) is 14.3. The summed E-state index contributed by atoms with van der Waals surface area (Å²) in [5.74, 6) is 0. The molecule has 0 amide bonds. The second kappa shape index (κ2) is 12.2. The SMILES string of the molecule is CCCCCCCCCCCO[C@@H]1O[C@H](CO)[C@@H](O)[C@H](O)[C@@H]1O. The van der Waals surface area contributed by atoms with E-state index in [-0.39, 0.29) is 0 Å². The Morgan fingerprint density at radius 1 is 0.783 bits per heavy atom. The van der Waals surface area contributed by atoms with E-state index in [0.717, 1.165) is 12.8 Å². The summed E-state index contributed by atoms with van der Waals surface area (Å²) in [5.41, 5.74) is 0. The third-order valence-corrected chi connectivity index (χ3v) is 4.38. The van der Waals surface area contributed by atoms with Crippen LogP contribution in [0.4, 0.5) is 0 Å². The highest BCUT2D eigenvalue weighted by Gasteiger charge is 2.43. The normalized spacial score (nSPS) is 31.4. The molecule has 0 aromatic rings. The zero-order chi connectivity index (χ0) is 17.1. The molecule has 138 valence electrons. The largest absolute Gasteiger partial charge is 0.394 e. The van der Waals surface area contributed by atoms with Crippen molar-refractivity contribution in [3.63, 3.8) is 0 Å². The maximum atomic E-state index is 9.82. The number of hydrogen-bond donors (Lipinski definition) is 4. The average molecular weight is 334 g/mol. The number of ether oxygens (including phenoxy) is 2. The fourth-order valence-electron chi connectivity index (χ4n) is 2.82. The first-order chi connectivity index (χ1) is 11.1. The van der Waals surface area contributed by atoms with Gasteiger partial charge in [0.25, 0.3) is 0 Å². The van der Waals surface area contributed by atoms with Gasteiger partial charge in [-0.1, -0.05) is 58.3 Å². The minimum atomic E-state index is -1.37. The van der Waals surface area contributed by atoms with Gasteiger partial charge >= 0.3 is 0 Å². The average Bonchev–Trinajstić information content (AvgIpc) is 2.56. The van der Waals surface area contributed by atoms with Gasteiger partial charge in [0, 0.05) is 6.61 Å². The molecule has 0 spiro atoms. The number of hydrogen-bond acceptors (Lipinski definition) is 6. The molecule has 23 heavy (non-hydrogen) atoms. The summed E-state index contributed by atoms with van der Waals surface area (Å²) in [7, 11) is 0. The fourth-order valence-corrected chi connectivity index (χ4v) is 2.82. The van der Waals surface area contributed by atoms with Crippen molar-refractivity contribution < 1.29 is 29.9 Å². The summed E-state index contributed by atoms with van der Waals surface area (Å²) in [5, 5.41) is 38.2. The van der Waals surface area contributed by atoms with Crippen molar-refractivity contribution >= 4 is 0 Å². The molecule has 6 nitrogen and oxygen atoms in total. The maximum Gasteiger partial charge on any atom is 0.186 e. The van der Waals surface area contributed by atoms with Crippen molar-refractivity contribution in [3.05, 3.63) is 0 Å². The van der Waals surface area contributed by atoms with Crippen molar-refractivity contribution in [2.24, 2.45) is 0 Å². The molecule has 0 aromatic carbocycles. The molecule has 1 aliphatic heterocycles. The highest BCUT2D eigenvalue weighted by molar-refractivity contribution is 4.88. The van der Waals surface area contributed by atoms with Crippen molar-refractivity contribution in [3.8, 4) is 0 Å². The highest BCUT2D eigenvalue weighted by Crippen LogP contribution is 2.22. The summed E-state index contributed by atoms with van der Waals surface area (Å²) in [6.45, 7) is 2.22. The van der Waals surface area contributed by atoms with Crippen LogP contribution >= 0.6 is 0 Å². The summed E-state index contributed by atoms with van der Waals surface area (Å²) < 4.78 is 10.7. The molecular formula is C17H34O6. The van der Waals surface area contributed by atoms with Gasteiger partial charge in [0.15, 0.2) is 6.29 Å². The Bertz CT molecular complexity index is 286. The Morgan fingerprint density at radius 3 is 1.91 bits per heavy atom. The molecule has 0 saturated carbocycles. The van der Waals surface area contributed by atoms with Crippen LogP contribution in [0.15, 0.2) is 0 Å². The number of aliphatic hydroxyl groups is 4. The van der Waals surface area contributed by atoms with E-state index < -0.39 is 37.3 Å². The first-order valence-electron chi connectivity index (χ1n) is 9.04. The van der Waals surface area contributed by atoms with E-state index in [0.29, 0.717) is 6.61 Å². The van der Waals surface area contributed by atoms with Crippen LogP contribution in [0.3, 0.4) is 0 Å². The monoisotopic (exact) mass is 334 g/mol. The smallest absolute Gasteiger partial charge is 0.186 e. The van der Waals surface area contributed by atoms with Crippen LogP contribution in [0, 0.1) is 0 Å². The molecule has 1 saturated heterocycles. The quantitative estimate of drug-likeness (QED) is 0.402. The van der Waals surface area contributed by atoms with Gasteiger partial charge in [-0.3, -0.25) is 0 Å². The lowest BCUT2D eigenvalue weighted by Crippen LogP contribution is -2.59. The Hall–Kier alpha value is -0.240. The van der Waals surface area contributed by atoms with Gasteiger partial charge in [0.05, 0.1) is 6.61 Å². The van der Waals surface area contributed by atoms with Crippen LogP contribution in [-0.4, -0.2) is 64.3 Å². The van der Waals surface area contributed by atoms with E-state index in [4.69, 9.17) is 14.6 Å². The predicted molar refractivity (Wildman–Crippen MR) is 86.9 cm³/mol. The lowest BCUT2D eigenvalue weighted by molar-refractivity contribution is -0.301. The Kier molecular flexibility index (Phi) is 11.0. The van der Waals surface area contributed by atoms with Gasteiger partial charge in [0.1, 0.15) is 24.4 Å². The first kappa shape index (κ1) is 20.8. The van der Waals surface area contributed by atoms with Gasteiger partial charge in [-0.25, -0.2) is 0 Å². The lowest BCUT2D eigenvalue weighted by Gasteiger charge is -2.39. The topological polar surface area (TPSA) is 99.4 Å². The minimum Gasteiger partial charge on any atom is -0.394 e. The van der Waals surface area contributed by atoms with Gasteiger partial charge in [-0.05, 0) is 6.42 Å². The van der Waals surface area contributed by atoms with Crippen LogP contribution in [0.25, 0.3) is 0 Å². The van der Waals surface area contributed by atoms with Crippen LogP contribution in [0.2, 0.25) is 0 Å². The van der Waals surface area contributed by atoms with Gasteiger partial charge in [-0.15, -0.1) is 0 Å². The van der Waals surface area contributed by atoms with E-state index in [1.54, 1.807) is 0 Å². The van der Waals surface area contributed by atoms with Crippen LogP contribution in [0.5, 0.6) is 0 Å². The molecule has 1 aliphatic rings. The molecule has 4 N–H and O–H groups in total. The van der Waals surface area contributed by atoms with Crippen molar-refractivity contribution in [2.45, 2.75) is 95.4 Å². The van der Waals surface area contributed by atoms with Crippen LogP contribution < -0.4 is 0 Å². The van der Waals surface area contributed by atoms with Crippen molar-refractivity contribution in [1.29, 1.82) is 0 Å². The van der Waals surface area contributed by atoms with E-state index in [1.165, 1.54) is 44.9 Å². The van der Waals surface area contributed by atoms with E-state index in [1.807, 2.05) is 0 Å². The Morgan fingerprint density at radius 2 is 1.35 bits per heavy atom. The second-order valence-electron chi connectivity index (χ2n) is 6.40. The first-order valence-corrected chi connectivity index (χ1v) is 9.04. The minimum absolute atomic E-state index is 0.428. The maximum absolute atomic E-state index is 9.82. The standard InChI is InChI=1S/C17H34O6/c1-2-3-4-5-6-7-8-9-10-11-22-17-16(21)15(20)14(19)13(12-18)23-17/h13-21H,2-12H2,1H3/t13-,14-,15+,16+,17-/m1/s1. The highest BCUT2D eigenvalue weighted by atomic mass is 16.7. The molecule has 0 aromatic heterocycles. The second-order valence-corrected chi connectivity index (χ2v) is 6.40. The van der Waals surface area contributed by atoms with Gasteiger partial charge in [0.2, 0.25) is 0 Å². The fraction of sp³-hybridized carbons (Fsp3) is 1.00. The lowest BCUT2D eigenvalue weighted by atomic mass is 9.99. The van der Waals surface area contributed by atoms with E-state index in [2.05, 4.69) is 6.92 Å². The number of rotatable bonds is 12. The van der Waals surface area contributed by atoms with Gasteiger partial charge in [-0.2, -0.15) is 0 Å². The summed E-state index contributed by atoms with van der Waals surface area (Å²) in [6.07, 6.45) is 4.97. The molecule has 1 fully saturated rings. The summed E-state index contributed by atoms with van der Waals surface area (Å²) in [6, 6.07) is 0. The Labute approximate surface area is 139 Å². The molecule has 1 heterocycles. The molecule has 6 heteroatoms. The summed E-state index contributed by atoms with van der Waals surface area (Å²) >= 11 is 0. The van der Waals surface area contributed by atoms with Gasteiger partial charge < -0.3 is 29.9 Å². The van der Waals surface area contributed by atoms with Crippen molar-refractivity contribution in [2.75, 3.05) is 13.2 Å². The number of aliphatic hydroxyl groups excluding tert-OH is 4. The predicted octanol–water partition coefficient (Wildman–Crippen LogP) is 1.33. The molecule has 0 unspecified atom stereocenters.